The number of rotatable bonds is 66. The number of nitrogens with zero attached hydrogens (tertiary/aromatic N) is 1. The molecule has 0 aromatic rings. The predicted octanol–water partition coefficient (Wildman–Crippen LogP) is 22.3. The van der Waals surface area contributed by atoms with Crippen LogP contribution in [0.3, 0.4) is 0 Å². The van der Waals surface area contributed by atoms with E-state index in [0.29, 0.717) is 17.4 Å². The van der Waals surface area contributed by atoms with E-state index in [0.717, 1.165) is 70.6 Å². The minimum absolute atomic E-state index is 0.000839. The number of aliphatic hydroxyl groups is 1. The van der Waals surface area contributed by atoms with Gasteiger partial charge >= 0.3 is 0 Å². The van der Waals surface area contributed by atoms with Crippen molar-refractivity contribution in [1.82, 2.24) is 5.32 Å². The summed E-state index contributed by atoms with van der Waals surface area (Å²) in [6.45, 7) is 4.58. The third-order valence-corrected chi connectivity index (χ3v) is 17.1. The fourth-order valence-electron chi connectivity index (χ4n) is 10.7. The number of quaternary nitrogens is 1. The van der Waals surface area contributed by atoms with Crippen LogP contribution in [0.1, 0.15) is 341 Å². The Morgan fingerprint density at radius 3 is 1.07 bits per heavy atom. The molecular formula is C74H139N2O6P. The Bertz CT molecular complexity index is 1580. The molecule has 0 aliphatic carbocycles. The minimum Gasteiger partial charge on any atom is -0.756 e. The van der Waals surface area contributed by atoms with Gasteiger partial charge in [0.25, 0.3) is 7.82 Å². The van der Waals surface area contributed by atoms with Gasteiger partial charge in [0.1, 0.15) is 13.2 Å². The van der Waals surface area contributed by atoms with Crippen LogP contribution in [0.15, 0.2) is 72.9 Å². The maximum absolute atomic E-state index is 13.0. The molecule has 0 aromatic carbocycles. The first-order chi connectivity index (χ1) is 40.5. The molecule has 0 fully saturated rings. The quantitative estimate of drug-likeness (QED) is 0.0272. The lowest BCUT2D eigenvalue weighted by Crippen LogP contribution is -2.45. The van der Waals surface area contributed by atoms with Gasteiger partial charge in [0.15, 0.2) is 0 Å². The Balaban J connectivity index is 4.03. The van der Waals surface area contributed by atoms with E-state index in [1.807, 2.05) is 27.2 Å². The van der Waals surface area contributed by atoms with Crippen molar-refractivity contribution in [2.24, 2.45) is 0 Å². The van der Waals surface area contributed by atoms with Crippen molar-refractivity contribution in [2.75, 3.05) is 40.9 Å². The molecule has 0 saturated carbocycles. The van der Waals surface area contributed by atoms with Gasteiger partial charge in [-0.2, -0.15) is 0 Å². The van der Waals surface area contributed by atoms with Gasteiger partial charge in [-0.1, -0.05) is 344 Å². The number of aliphatic hydroxyl groups excluding tert-OH is 1. The molecule has 0 aliphatic rings. The Kier molecular flexibility index (Phi) is 62.8. The summed E-state index contributed by atoms with van der Waals surface area (Å²) >= 11 is 0. The molecule has 0 bridgehead atoms. The Morgan fingerprint density at radius 2 is 0.735 bits per heavy atom. The summed E-state index contributed by atoms with van der Waals surface area (Å²) < 4.78 is 23.5. The Labute approximate surface area is 516 Å². The summed E-state index contributed by atoms with van der Waals surface area (Å²) in [5, 5.41) is 14.0. The zero-order valence-electron chi connectivity index (χ0n) is 55.6. The molecule has 1 amide bonds. The second kappa shape index (κ2) is 64.4. The van der Waals surface area contributed by atoms with Gasteiger partial charge in [0, 0.05) is 6.42 Å². The van der Waals surface area contributed by atoms with Gasteiger partial charge in [-0.15, -0.1) is 0 Å². The second-order valence-corrected chi connectivity index (χ2v) is 27.0. The van der Waals surface area contributed by atoms with E-state index < -0.39 is 20.0 Å². The highest BCUT2D eigenvalue weighted by molar-refractivity contribution is 7.45. The molecule has 0 saturated heterocycles. The van der Waals surface area contributed by atoms with Gasteiger partial charge in [-0.25, -0.2) is 0 Å². The molecule has 0 aromatic heterocycles. The van der Waals surface area contributed by atoms with E-state index in [4.69, 9.17) is 9.05 Å². The SMILES string of the molecule is CC/C=C\C/C=C\C/C=C\C/C=C\C/C=C\CCCCCCCCCCCCCCCCCCCCCC(=O)NC(COP(=O)([O-])OCC[N+](C)(C)C)C(O)/C=C/CCCCCCCCCCCCCCCCCCCCCCCCCC. The Morgan fingerprint density at radius 1 is 0.434 bits per heavy atom. The van der Waals surface area contributed by atoms with Gasteiger partial charge in [0.2, 0.25) is 5.91 Å². The molecule has 0 heterocycles. The third kappa shape index (κ3) is 67.3. The van der Waals surface area contributed by atoms with Crippen LogP contribution in [-0.2, 0) is 18.4 Å². The number of nitrogens with one attached hydrogen (secondary N) is 1. The molecule has 486 valence electrons. The summed E-state index contributed by atoms with van der Waals surface area (Å²) in [7, 11) is 1.27. The van der Waals surface area contributed by atoms with E-state index in [-0.39, 0.29) is 19.1 Å². The number of hydrogen-bond donors (Lipinski definition) is 2. The zero-order chi connectivity index (χ0) is 60.5. The molecule has 3 unspecified atom stereocenters. The van der Waals surface area contributed by atoms with Gasteiger partial charge in [-0.05, 0) is 64.2 Å². The average molecular weight is 1180 g/mol. The summed E-state index contributed by atoms with van der Waals surface area (Å²) in [5.41, 5.74) is 0. The maximum Gasteiger partial charge on any atom is 0.268 e. The van der Waals surface area contributed by atoms with Crippen molar-refractivity contribution < 1.29 is 32.9 Å². The van der Waals surface area contributed by atoms with Crippen LogP contribution < -0.4 is 10.2 Å². The molecule has 2 N–H and O–H groups in total. The van der Waals surface area contributed by atoms with Gasteiger partial charge in [0.05, 0.1) is 39.9 Å². The standard InChI is InChI=1S/C74H139N2O6P/c1-6-8-10-12-14-16-18-20-22-24-26-28-30-32-34-35-36-37-38-39-40-41-42-44-46-48-50-52-54-56-58-60-62-64-66-68-74(78)75-72(71-82-83(79,80)81-70-69-76(3,4)5)73(77)67-65-63-61-59-57-55-53-51-49-47-45-43-33-31-29-27-25-23-21-19-17-15-13-11-9-7-2/h8,10,14,16,20,22,26,28,32,34,65,67,72-73,77H,6-7,9,11-13,15,17-19,21,23-25,27,29-31,33,35-64,66,68-71H2,1-5H3,(H-,75,78,79,80)/b10-8-,16-14-,22-20-,28-26-,34-32-,67-65+. The van der Waals surface area contributed by atoms with E-state index >= 15 is 0 Å². The van der Waals surface area contributed by atoms with Crippen molar-refractivity contribution in [3.8, 4) is 0 Å². The number of phosphoric acid groups is 1. The number of unbranched alkanes of at least 4 members (excludes halogenated alkanes) is 43. The fraction of sp³-hybridized carbons (Fsp3) is 0.824. The zero-order valence-corrected chi connectivity index (χ0v) is 56.5. The molecular weight excluding hydrogens is 1040 g/mol. The summed E-state index contributed by atoms with van der Waals surface area (Å²) in [5.74, 6) is -0.192. The lowest BCUT2D eigenvalue weighted by Gasteiger charge is -2.29. The first-order valence-electron chi connectivity index (χ1n) is 35.8. The predicted molar refractivity (Wildman–Crippen MR) is 362 cm³/mol. The lowest BCUT2D eigenvalue weighted by molar-refractivity contribution is -0.870. The lowest BCUT2D eigenvalue weighted by atomic mass is 10.0. The number of phosphoric ester groups is 1. The van der Waals surface area contributed by atoms with Crippen LogP contribution in [0.5, 0.6) is 0 Å². The van der Waals surface area contributed by atoms with Crippen LogP contribution in [0.2, 0.25) is 0 Å². The Hall–Kier alpha value is -2.06. The van der Waals surface area contributed by atoms with Gasteiger partial charge in [-0.3, -0.25) is 9.36 Å². The number of likely N-dealkylation sites (N-methyl/N-ethyl adjacent to an activating group) is 1. The van der Waals surface area contributed by atoms with E-state index in [9.17, 15) is 19.4 Å². The first-order valence-corrected chi connectivity index (χ1v) is 37.3. The molecule has 83 heavy (non-hydrogen) atoms. The van der Waals surface area contributed by atoms with Crippen molar-refractivity contribution in [3.63, 3.8) is 0 Å². The number of carbonyl (C=O) groups excluding carboxylic acids is 1. The van der Waals surface area contributed by atoms with Crippen molar-refractivity contribution in [2.45, 2.75) is 353 Å². The highest BCUT2D eigenvalue weighted by Gasteiger charge is 2.23. The third-order valence-electron chi connectivity index (χ3n) is 16.2. The van der Waals surface area contributed by atoms with Crippen molar-refractivity contribution in [1.29, 1.82) is 0 Å². The van der Waals surface area contributed by atoms with Crippen LogP contribution in [0.4, 0.5) is 0 Å². The molecule has 0 spiro atoms. The molecule has 0 aliphatic heterocycles. The highest BCUT2D eigenvalue weighted by Crippen LogP contribution is 2.38. The number of hydrogen-bond acceptors (Lipinski definition) is 6. The topological polar surface area (TPSA) is 108 Å². The van der Waals surface area contributed by atoms with Crippen LogP contribution in [0.25, 0.3) is 0 Å². The van der Waals surface area contributed by atoms with E-state index in [1.54, 1.807) is 6.08 Å². The minimum atomic E-state index is -4.61. The van der Waals surface area contributed by atoms with Gasteiger partial charge < -0.3 is 28.8 Å². The molecule has 8 nitrogen and oxygen atoms in total. The van der Waals surface area contributed by atoms with Crippen LogP contribution >= 0.6 is 7.82 Å². The summed E-state index contributed by atoms with van der Waals surface area (Å²) in [4.78, 5) is 25.7. The van der Waals surface area contributed by atoms with Crippen molar-refractivity contribution >= 4 is 13.7 Å². The highest BCUT2D eigenvalue weighted by atomic mass is 31.2. The smallest absolute Gasteiger partial charge is 0.268 e. The van der Waals surface area contributed by atoms with Crippen LogP contribution in [0, 0.1) is 0 Å². The summed E-state index contributed by atoms with van der Waals surface area (Å²) in [6, 6.07) is -0.889. The molecule has 0 radical (unpaired) electrons. The number of allylic oxidation sites excluding steroid dienone is 11. The largest absolute Gasteiger partial charge is 0.756 e. The fourth-order valence-corrected chi connectivity index (χ4v) is 11.4. The average Bonchev–Trinajstić information content (AvgIpc) is 3.49. The molecule has 0 rings (SSSR count). The van der Waals surface area contributed by atoms with Crippen molar-refractivity contribution in [3.05, 3.63) is 72.9 Å². The molecule has 9 heteroatoms. The van der Waals surface area contributed by atoms with E-state index in [1.165, 1.54) is 250 Å². The monoisotopic (exact) mass is 1180 g/mol. The number of amides is 1. The number of carbonyl (C=O) groups is 1. The first kappa shape index (κ1) is 80.9. The van der Waals surface area contributed by atoms with Crippen LogP contribution in [-0.4, -0.2) is 68.5 Å². The second-order valence-electron chi connectivity index (χ2n) is 25.6. The maximum atomic E-state index is 13.0. The van der Waals surface area contributed by atoms with E-state index in [2.05, 4.69) is 79.9 Å². The normalized spacial score (nSPS) is 14.1. The summed E-state index contributed by atoms with van der Waals surface area (Å²) in [6.07, 6.45) is 90.3. The molecule has 3 atom stereocenters.